The fourth-order valence-electron chi connectivity index (χ4n) is 3.60. The zero-order chi connectivity index (χ0) is 21.5. The number of anilines is 1. The maximum absolute atomic E-state index is 12.6. The van der Waals surface area contributed by atoms with Gasteiger partial charge < -0.3 is 15.1 Å². The fraction of sp³-hybridized carbons (Fsp3) is 0.375. The minimum Gasteiger partial charge on any atom is -0.342 e. The first-order valence-corrected chi connectivity index (χ1v) is 10.5. The minimum atomic E-state index is -0.326. The first kappa shape index (κ1) is 21.6. The van der Waals surface area contributed by atoms with E-state index in [0.717, 1.165) is 18.4 Å². The van der Waals surface area contributed by atoms with E-state index in [1.165, 1.54) is 0 Å². The normalized spacial score (nSPS) is 15.9. The Morgan fingerprint density at radius 2 is 1.80 bits per heavy atom. The van der Waals surface area contributed by atoms with Crippen molar-refractivity contribution in [2.24, 2.45) is 5.92 Å². The van der Waals surface area contributed by atoms with Crippen molar-refractivity contribution in [3.8, 4) is 0 Å². The lowest BCUT2D eigenvalue weighted by molar-refractivity contribution is -0.128. The molecular weight excluding hydrogens is 378 g/mol. The van der Waals surface area contributed by atoms with Gasteiger partial charge in [-0.3, -0.25) is 14.4 Å². The summed E-state index contributed by atoms with van der Waals surface area (Å²) in [6.45, 7) is 3.80. The van der Waals surface area contributed by atoms with Crippen molar-refractivity contribution in [2.75, 3.05) is 25.5 Å². The van der Waals surface area contributed by atoms with Crippen molar-refractivity contribution in [1.29, 1.82) is 0 Å². The van der Waals surface area contributed by atoms with Gasteiger partial charge in [-0.15, -0.1) is 0 Å². The van der Waals surface area contributed by atoms with Crippen LogP contribution in [-0.2, 0) is 16.1 Å². The van der Waals surface area contributed by atoms with Crippen LogP contribution < -0.4 is 5.32 Å². The first-order chi connectivity index (χ1) is 14.5. The summed E-state index contributed by atoms with van der Waals surface area (Å²) in [7, 11) is 1.77. The van der Waals surface area contributed by atoms with Gasteiger partial charge in [-0.25, -0.2) is 0 Å². The van der Waals surface area contributed by atoms with Gasteiger partial charge in [0.05, 0.1) is 5.92 Å². The van der Waals surface area contributed by atoms with Gasteiger partial charge in [0.2, 0.25) is 11.8 Å². The Labute approximate surface area is 177 Å². The molecule has 30 heavy (non-hydrogen) atoms. The molecule has 1 N–H and O–H groups in total. The van der Waals surface area contributed by atoms with Crippen molar-refractivity contribution in [3.63, 3.8) is 0 Å². The summed E-state index contributed by atoms with van der Waals surface area (Å²) in [5, 5.41) is 2.87. The van der Waals surface area contributed by atoms with E-state index < -0.39 is 0 Å². The predicted molar refractivity (Wildman–Crippen MR) is 117 cm³/mol. The lowest BCUT2D eigenvalue weighted by atomic mass is 10.1. The van der Waals surface area contributed by atoms with Gasteiger partial charge in [0.1, 0.15) is 0 Å². The number of nitrogens with one attached hydrogen (secondary N) is 1. The SMILES string of the molecule is CCCCN1CC(C(=O)Nc2ccc(C(=O)N(C)Cc3ccccc3)cc2)CC1=O. The molecule has 6 nitrogen and oxygen atoms in total. The lowest BCUT2D eigenvalue weighted by Crippen LogP contribution is -2.29. The number of rotatable bonds is 8. The number of benzene rings is 2. The molecule has 0 aromatic heterocycles. The number of likely N-dealkylation sites (tertiary alicyclic amines) is 1. The third-order valence-electron chi connectivity index (χ3n) is 5.38. The van der Waals surface area contributed by atoms with E-state index in [9.17, 15) is 14.4 Å². The molecule has 0 saturated carbocycles. The highest BCUT2D eigenvalue weighted by Gasteiger charge is 2.33. The van der Waals surface area contributed by atoms with Crippen molar-refractivity contribution in [2.45, 2.75) is 32.7 Å². The molecule has 1 fully saturated rings. The van der Waals surface area contributed by atoms with E-state index in [1.807, 2.05) is 30.3 Å². The van der Waals surface area contributed by atoms with E-state index in [2.05, 4.69) is 12.2 Å². The monoisotopic (exact) mass is 407 g/mol. The van der Waals surface area contributed by atoms with Gasteiger partial charge in [0, 0.05) is 44.4 Å². The summed E-state index contributed by atoms with van der Waals surface area (Å²) in [6.07, 6.45) is 2.23. The molecule has 1 unspecified atom stereocenters. The van der Waals surface area contributed by atoms with E-state index in [4.69, 9.17) is 0 Å². The maximum atomic E-state index is 12.6. The second-order valence-electron chi connectivity index (χ2n) is 7.81. The van der Waals surface area contributed by atoms with Gasteiger partial charge in [-0.1, -0.05) is 43.7 Å². The van der Waals surface area contributed by atoms with E-state index >= 15 is 0 Å². The third kappa shape index (κ3) is 5.47. The number of carbonyl (C=O) groups is 3. The zero-order valence-electron chi connectivity index (χ0n) is 17.6. The molecule has 2 aromatic carbocycles. The lowest BCUT2D eigenvalue weighted by Gasteiger charge is -2.18. The molecule has 0 bridgehead atoms. The average Bonchev–Trinajstić information content (AvgIpc) is 3.13. The standard InChI is InChI=1S/C24H29N3O3/c1-3-4-14-27-17-20(15-22(27)28)23(29)25-21-12-10-19(11-13-21)24(30)26(2)16-18-8-6-5-7-9-18/h5-13,20H,3-4,14-17H2,1-2H3,(H,25,29). The Balaban J connectivity index is 1.54. The summed E-state index contributed by atoms with van der Waals surface area (Å²) in [5.74, 6) is -0.508. The highest BCUT2D eigenvalue weighted by Crippen LogP contribution is 2.21. The molecule has 3 rings (SSSR count). The predicted octanol–water partition coefficient (Wildman–Crippen LogP) is 3.55. The minimum absolute atomic E-state index is 0.0472. The Bertz CT molecular complexity index is 880. The molecule has 6 heteroatoms. The fourth-order valence-corrected chi connectivity index (χ4v) is 3.60. The smallest absolute Gasteiger partial charge is 0.253 e. The quantitative estimate of drug-likeness (QED) is 0.728. The van der Waals surface area contributed by atoms with Crippen LogP contribution in [0.5, 0.6) is 0 Å². The number of amides is 3. The Kier molecular flexibility index (Phi) is 7.22. The van der Waals surface area contributed by atoms with Crippen molar-refractivity contribution < 1.29 is 14.4 Å². The van der Waals surface area contributed by atoms with Crippen LogP contribution in [0.25, 0.3) is 0 Å². The highest BCUT2D eigenvalue weighted by atomic mass is 16.2. The number of carbonyl (C=O) groups excluding carboxylic acids is 3. The molecule has 1 atom stereocenters. The average molecular weight is 408 g/mol. The molecule has 0 spiro atoms. The summed E-state index contributed by atoms with van der Waals surface area (Å²) in [5.41, 5.74) is 2.26. The van der Waals surface area contributed by atoms with Crippen LogP contribution >= 0.6 is 0 Å². The summed E-state index contributed by atoms with van der Waals surface area (Å²) in [6, 6.07) is 16.7. The van der Waals surface area contributed by atoms with E-state index in [1.54, 1.807) is 41.1 Å². The molecule has 1 heterocycles. The van der Waals surface area contributed by atoms with Gasteiger partial charge in [0.15, 0.2) is 0 Å². The summed E-state index contributed by atoms with van der Waals surface area (Å²) in [4.78, 5) is 40.7. The summed E-state index contributed by atoms with van der Waals surface area (Å²) >= 11 is 0. The molecule has 0 aliphatic carbocycles. The molecule has 3 amide bonds. The number of unbranched alkanes of at least 4 members (excludes halogenated alkanes) is 1. The van der Waals surface area contributed by atoms with Crippen molar-refractivity contribution >= 4 is 23.4 Å². The number of nitrogens with zero attached hydrogens (tertiary/aromatic N) is 2. The number of hydrogen-bond donors (Lipinski definition) is 1. The molecule has 1 aliphatic heterocycles. The van der Waals surface area contributed by atoms with E-state index in [-0.39, 0.29) is 30.1 Å². The number of hydrogen-bond acceptors (Lipinski definition) is 3. The van der Waals surface area contributed by atoms with Crippen LogP contribution in [-0.4, -0.2) is 47.7 Å². The molecule has 2 aromatic rings. The summed E-state index contributed by atoms with van der Waals surface area (Å²) < 4.78 is 0. The van der Waals surface area contributed by atoms with Crippen LogP contribution in [0, 0.1) is 5.92 Å². The topological polar surface area (TPSA) is 69.7 Å². The Morgan fingerprint density at radius 3 is 2.47 bits per heavy atom. The van der Waals surface area contributed by atoms with Crippen LogP contribution in [0.15, 0.2) is 54.6 Å². The third-order valence-corrected chi connectivity index (χ3v) is 5.38. The highest BCUT2D eigenvalue weighted by molar-refractivity contribution is 5.98. The van der Waals surface area contributed by atoms with Crippen LogP contribution in [0.2, 0.25) is 0 Å². The van der Waals surface area contributed by atoms with Crippen LogP contribution in [0.4, 0.5) is 5.69 Å². The molecule has 0 radical (unpaired) electrons. The van der Waals surface area contributed by atoms with Gasteiger partial charge in [-0.2, -0.15) is 0 Å². The van der Waals surface area contributed by atoms with Gasteiger partial charge in [-0.05, 0) is 36.2 Å². The Hall–Kier alpha value is -3.15. The second-order valence-corrected chi connectivity index (χ2v) is 7.81. The molecular formula is C24H29N3O3. The Morgan fingerprint density at radius 1 is 1.10 bits per heavy atom. The largest absolute Gasteiger partial charge is 0.342 e. The van der Waals surface area contributed by atoms with Crippen LogP contribution in [0.1, 0.15) is 42.1 Å². The van der Waals surface area contributed by atoms with Gasteiger partial charge in [0.25, 0.3) is 5.91 Å². The van der Waals surface area contributed by atoms with Crippen molar-refractivity contribution in [1.82, 2.24) is 9.80 Å². The molecule has 1 saturated heterocycles. The van der Waals surface area contributed by atoms with Gasteiger partial charge >= 0.3 is 0 Å². The van der Waals surface area contributed by atoms with Crippen LogP contribution in [0.3, 0.4) is 0 Å². The molecule has 1 aliphatic rings. The second kappa shape index (κ2) is 10.1. The zero-order valence-corrected chi connectivity index (χ0v) is 17.6. The molecule has 158 valence electrons. The maximum Gasteiger partial charge on any atom is 0.253 e. The van der Waals surface area contributed by atoms with E-state index in [0.29, 0.717) is 30.9 Å². The first-order valence-electron chi connectivity index (χ1n) is 10.5. The van der Waals surface area contributed by atoms with Crippen molar-refractivity contribution in [3.05, 3.63) is 65.7 Å².